The highest BCUT2D eigenvalue weighted by Gasteiger charge is 2.40. The number of aromatic nitrogens is 7. The number of carbonyl (C=O) groups is 1. The summed E-state index contributed by atoms with van der Waals surface area (Å²) in [5.41, 5.74) is 9.25. The number of hydrogen-bond donors (Lipinski definition) is 2. The number of aryl methyl sites for hydroxylation is 2. The second kappa shape index (κ2) is 8.58. The van der Waals surface area contributed by atoms with E-state index < -0.39 is 5.91 Å². The highest BCUT2D eigenvalue weighted by atomic mass is 16.5. The number of hydrogen-bond acceptors (Lipinski definition) is 7. The molecule has 1 fully saturated rings. The lowest BCUT2D eigenvalue weighted by Gasteiger charge is -2.32. The second-order valence-electron chi connectivity index (χ2n) is 9.57. The SMILES string of the molecule is CCn1nc(C)cc1-c1nnc(-c2cc(C(N)=O)cc3c2cnn3CC2(C)CC(OC)CN2C)[nH]1. The van der Waals surface area contributed by atoms with Gasteiger partial charge in [-0.25, -0.2) is 0 Å². The van der Waals surface area contributed by atoms with Gasteiger partial charge in [0.15, 0.2) is 11.6 Å². The summed E-state index contributed by atoms with van der Waals surface area (Å²) in [6.45, 7) is 8.39. The van der Waals surface area contributed by atoms with E-state index in [1.807, 2.05) is 35.5 Å². The molecule has 2 atom stereocenters. The maximum absolute atomic E-state index is 12.2. The van der Waals surface area contributed by atoms with Crippen LogP contribution in [0.3, 0.4) is 0 Å². The Labute approximate surface area is 203 Å². The topological polar surface area (TPSA) is 133 Å². The lowest BCUT2D eigenvalue weighted by Crippen LogP contribution is -2.42. The molecule has 3 N–H and O–H groups in total. The molecule has 1 aliphatic rings. The number of likely N-dealkylation sites (N-methyl/N-ethyl adjacent to an activating group) is 1. The molecule has 1 aromatic carbocycles. The zero-order chi connectivity index (χ0) is 24.9. The normalized spacial score (nSPS) is 20.8. The Morgan fingerprint density at radius 2 is 2.03 bits per heavy atom. The molecular weight excluding hydrogens is 446 g/mol. The van der Waals surface area contributed by atoms with Crippen molar-refractivity contribution in [1.29, 1.82) is 0 Å². The molecule has 1 amide bonds. The molecule has 0 saturated carbocycles. The molecule has 0 aliphatic carbocycles. The summed E-state index contributed by atoms with van der Waals surface area (Å²) in [5, 5.41) is 18.8. The number of carbonyl (C=O) groups excluding carboxylic acids is 1. The predicted molar refractivity (Wildman–Crippen MR) is 132 cm³/mol. The van der Waals surface area contributed by atoms with Gasteiger partial charge in [-0.2, -0.15) is 10.2 Å². The monoisotopic (exact) mass is 477 g/mol. The molecule has 0 radical (unpaired) electrons. The molecule has 4 heterocycles. The molecule has 4 aromatic rings. The molecule has 1 saturated heterocycles. The van der Waals surface area contributed by atoms with Gasteiger partial charge in [0.1, 0.15) is 5.69 Å². The molecule has 11 nitrogen and oxygen atoms in total. The van der Waals surface area contributed by atoms with Crippen LogP contribution in [0.15, 0.2) is 24.4 Å². The van der Waals surface area contributed by atoms with Gasteiger partial charge in [-0.3, -0.25) is 19.1 Å². The Morgan fingerprint density at radius 1 is 1.26 bits per heavy atom. The Morgan fingerprint density at radius 3 is 2.71 bits per heavy atom. The fourth-order valence-electron chi connectivity index (χ4n) is 5.02. The van der Waals surface area contributed by atoms with Crippen LogP contribution in [-0.4, -0.2) is 77.9 Å². The number of fused-ring (bicyclic) bond motifs is 1. The first kappa shape index (κ1) is 23.2. The maximum Gasteiger partial charge on any atom is 0.248 e. The van der Waals surface area contributed by atoms with Crippen molar-refractivity contribution < 1.29 is 9.53 Å². The van der Waals surface area contributed by atoms with Crippen molar-refractivity contribution in [3.05, 3.63) is 35.7 Å². The number of methoxy groups -OCH3 is 1. The Balaban J connectivity index is 1.58. The van der Waals surface area contributed by atoms with Gasteiger partial charge in [-0.15, -0.1) is 10.2 Å². The minimum Gasteiger partial charge on any atom is -0.380 e. The Bertz CT molecular complexity index is 1400. The van der Waals surface area contributed by atoms with E-state index in [1.165, 1.54) is 0 Å². The average Bonchev–Trinajstić information content (AvgIpc) is 3.60. The van der Waals surface area contributed by atoms with Gasteiger partial charge in [0.2, 0.25) is 5.91 Å². The van der Waals surface area contributed by atoms with Crippen LogP contribution < -0.4 is 5.73 Å². The molecular formula is C24H31N9O2. The molecule has 0 spiro atoms. The lowest BCUT2D eigenvalue weighted by molar-refractivity contribution is 0.100. The summed E-state index contributed by atoms with van der Waals surface area (Å²) in [6, 6.07) is 5.51. The zero-order valence-corrected chi connectivity index (χ0v) is 20.7. The summed E-state index contributed by atoms with van der Waals surface area (Å²) >= 11 is 0. The lowest BCUT2D eigenvalue weighted by atomic mass is 9.98. The number of aromatic amines is 1. The average molecular weight is 478 g/mol. The van der Waals surface area contributed by atoms with Crippen LogP contribution in [0.25, 0.3) is 33.8 Å². The number of likely N-dealkylation sites (tertiary alicyclic amines) is 1. The van der Waals surface area contributed by atoms with Crippen LogP contribution in [-0.2, 0) is 17.8 Å². The van der Waals surface area contributed by atoms with E-state index in [0.717, 1.165) is 40.8 Å². The number of benzene rings is 1. The third-order valence-electron chi connectivity index (χ3n) is 7.12. The van der Waals surface area contributed by atoms with Crippen molar-refractivity contribution in [2.75, 3.05) is 20.7 Å². The smallest absolute Gasteiger partial charge is 0.248 e. The number of ether oxygens (including phenoxy) is 1. The molecule has 11 heteroatoms. The van der Waals surface area contributed by atoms with Crippen molar-refractivity contribution in [1.82, 2.24) is 39.6 Å². The van der Waals surface area contributed by atoms with Crippen LogP contribution in [0, 0.1) is 6.92 Å². The summed E-state index contributed by atoms with van der Waals surface area (Å²) < 4.78 is 9.42. The summed E-state index contributed by atoms with van der Waals surface area (Å²) in [5.74, 6) is 0.639. The van der Waals surface area contributed by atoms with E-state index >= 15 is 0 Å². The van der Waals surface area contributed by atoms with E-state index in [1.54, 1.807) is 19.2 Å². The third kappa shape index (κ3) is 4.00. The number of nitrogens with zero attached hydrogens (tertiary/aromatic N) is 7. The highest BCUT2D eigenvalue weighted by molar-refractivity contribution is 6.02. The fourth-order valence-corrected chi connectivity index (χ4v) is 5.02. The number of primary amides is 1. The predicted octanol–water partition coefficient (Wildman–Crippen LogP) is 2.22. The van der Waals surface area contributed by atoms with Crippen LogP contribution in [0.2, 0.25) is 0 Å². The van der Waals surface area contributed by atoms with Crippen molar-refractivity contribution in [2.45, 2.75) is 51.9 Å². The van der Waals surface area contributed by atoms with E-state index in [4.69, 9.17) is 15.6 Å². The molecule has 0 bridgehead atoms. The molecule has 184 valence electrons. The quantitative estimate of drug-likeness (QED) is 0.417. The van der Waals surface area contributed by atoms with Crippen molar-refractivity contribution in [2.24, 2.45) is 5.73 Å². The van der Waals surface area contributed by atoms with Crippen molar-refractivity contribution in [3.63, 3.8) is 0 Å². The maximum atomic E-state index is 12.2. The van der Waals surface area contributed by atoms with Crippen LogP contribution in [0.1, 0.15) is 36.3 Å². The van der Waals surface area contributed by atoms with Gasteiger partial charge >= 0.3 is 0 Å². The number of nitrogens with two attached hydrogens (primary N) is 1. The van der Waals surface area contributed by atoms with Gasteiger partial charge in [-0.1, -0.05) is 0 Å². The number of amides is 1. The molecule has 35 heavy (non-hydrogen) atoms. The van der Waals surface area contributed by atoms with E-state index in [2.05, 4.69) is 39.2 Å². The number of nitrogens with one attached hydrogen (secondary N) is 1. The largest absolute Gasteiger partial charge is 0.380 e. The minimum absolute atomic E-state index is 0.141. The molecule has 1 aliphatic heterocycles. The highest BCUT2D eigenvalue weighted by Crippen LogP contribution is 2.34. The zero-order valence-electron chi connectivity index (χ0n) is 20.7. The van der Waals surface area contributed by atoms with E-state index in [9.17, 15) is 4.79 Å². The van der Waals surface area contributed by atoms with Gasteiger partial charge in [0.25, 0.3) is 0 Å². The first-order chi connectivity index (χ1) is 16.7. The van der Waals surface area contributed by atoms with Crippen LogP contribution in [0.4, 0.5) is 0 Å². The van der Waals surface area contributed by atoms with E-state index in [-0.39, 0.29) is 11.6 Å². The summed E-state index contributed by atoms with van der Waals surface area (Å²) in [6.07, 6.45) is 2.88. The van der Waals surface area contributed by atoms with Crippen molar-refractivity contribution >= 4 is 16.8 Å². The Hall–Kier alpha value is -3.57. The minimum atomic E-state index is -0.510. The van der Waals surface area contributed by atoms with Crippen LogP contribution in [0.5, 0.6) is 0 Å². The van der Waals surface area contributed by atoms with Gasteiger partial charge in [0, 0.05) is 42.3 Å². The van der Waals surface area contributed by atoms with E-state index in [0.29, 0.717) is 30.3 Å². The number of H-pyrrole nitrogens is 1. The van der Waals surface area contributed by atoms with Crippen molar-refractivity contribution in [3.8, 4) is 22.9 Å². The Kier molecular flexibility index (Phi) is 5.68. The molecule has 2 unspecified atom stereocenters. The number of rotatable bonds is 7. The van der Waals surface area contributed by atoms with Gasteiger partial charge in [-0.05, 0) is 52.4 Å². The first-order valence-electron chi connectivity index (χ1n) is 11.7. The fraction of sp³-hybridized carbons (Fsp3) is 0.458. The first-order valence-corrected chi connectivity index (χ1v) is 11.7. The second-order valence-corrected chi connectivity index (χ2v) is 9.57. The van der Waals surface area contributed by atoms with Gasteiger partial charge in [0.05, 0.1) is 30.1 Å². The summed E-state index contributed by atoms with van der Waals surface area (Å²) in [7, 11) is 3.85. The molecule has 3 aromatic heterocycles. The standard InChI is InChI=1S/C24H31N9O2/c1-6-32-20(7-14(2)30-32)23-27-22(28-29-23)17-8-15(21(25)34)9-19-18(17)11-26-33(19)13-24(3)10-16(35-5)12-31(24)4/h7-9,11,16H,6,10,12-13H2,1-5H3,(H2,25,34)(H,27,28,29). The van der Waals surface area contributed by atoms with Gasteiger partial charge < -0.3 is 15.5 Å². The third-order valence-corrected chi connectivity index (χ3v) is 7.12. The van der Waals surface area contributed by atoms with Crippen LogP contribution >= 0.6 is 0 Å². The molecule has 5 rings (SSSR count). The summed E-state index contributed by atoms with van der Waals surface area (Å²) in [4.78, 5) is 17.8.